The molecule has 3 atom stereocenters. The fourth-order valence-electron chi connectivity index (χ4n) is 2.90. The SMILES string of the molecule is CO[C@@]1(C)C[C@@H](NC(=O)[C@@H]2CCCN2)C1(C)C. The molecular weight excluding hydrogens is 216 g/mol. The molecule has 0 aromatic heterocycles. The average Bonchev–Trinajstić information content (AvgIpc) is 2.81. The predicted molar refractivity (Wildman–Crippen MR) is 66.8 cm³/mol. The molecule has 0 aromatic rings. The number of hydrogen-bond donors (Lipinski definition) is 2. The summed E-state index contributed by atoms with van der Waals surface area (Å²) in [4.78, 5) is 12.0. The van der Waals surface area contributed by atoms with Gasteiger partial charge in [0.15, 0.2) is 0 Å². The monoisotopic (exact) mass is 240 g/mol. The first-order valence-corrected chi connectivity index (χ1v) is 6.49. The average molecular weight is 240 g/mol. The first-order chi connectivity index (χ1) is 7.90. The third-order valence-corrected chi connectivity index (χ3v) is 4.97. The van der Waals surface area contributed by atoms with Gasteiger partial charge in [-0.1, -0.05) is 13.8 Å². The molecule has 0 bridgehead atoms. The van der Waals surface area contributed by atoms with Crippen molar-refractivity contribution in [2.24, 2.45) is 5.41 Å². The molecule has 1 saturated carbocycles. The Morgan fingerprint density at radius 1 is 1.41 bits per heavy atom. The van der Waals surface area contributed by atoms with Crippen molar-refractivity contribution in [3.8, 4) is 0 Å². The molecule has 1 aliphatic heterocycles. The molecule has 2 aliphatic rings. The van der Waals surface area contributed by atoms with E-state index in [0.717, 1.165) is 25.8 Å². The zero-order valence-corrected chi connectivity index (χ0v) is 11.3. The number of amides is 1. The van der Waals surface area contributed by atoms with E-state index in [1.807, 2.05) is 0 Å². The van der Waals surface area contributed by atoms with Crippen molar-refractivity contribution in [1.82, 2.24) is 10.6 Å². The zero-order valence-electron chi connectivity index (χ0n) is 11.3. The van der Waals surface area contributed by atoms with Crippen molar-refractivity contribution in [2.75, 3.05) is 13.7 Å². The summed E-state index contributed by atoms with van der Waals surface area (Å²) in [6.45, 7) is 7.39. The second-order valence-corrected chi connectivity index (χ2v) is 6.07. The van der Waals surface area contributed by atoms with Crippen LogP contribution in [0.2, 0.25) is 0 Å². The van der Waals surface area contributed by atoms with Crippen LogP contribution >= 0.6 is 0 Å². The van der Waals surface area contributed by atoms with Crippen LogP contribution in [-0.2, 0) is 9.53 Å². The molecule has 4 nitrogen and oxygen atoms in total. The van der Waals surface area contributed by atoms with Gasteiger partial charge < -0.3 is 15.4 Å². The molecule has 98 valence electrons. The minimum Gasteiger partial charge on any atom is -0.378 e. The van der Waals surface area contributed by atoms with E-state index in [-0.39, 0.29) is 29.0 Å². The Bertz CT molecular complexity index is 311. The van der Waals surface area contributed by atoms with Gasteiger partial charge in [0, 0.05) is 18.6 Å². The van der Waals surface area contributed by atoms with Crippen LogP contribution in [-0.4, -0.2) is 37.2 Å². The Morgan fingerprint density at radius 2 is 2.12 bits per heavy atom. The van der Waals surface area contributed by atoms with Crippen LogP contribution < -0.4 is 10.6 Å². The fraction of sp³-hybridized carbons (Fsp3) is 0.923. The predicted octanol–water partition coefficient (Wildman–Crippen LogP) is 1.06. The van der Waals surface area contributed by atoms with Crippen molar-refractivity contribution < 1.29 is 9.53 Å². The minimum absolute atomic E-state index is 0.00395. The Balaban J connectivity index is 1.91. The Labute approximate surface area is 103 Å². The van der Waals surface area contributed by atoms with Gasteiger partial charge in [-0.15, -0.1) is 0 Å². The molecule has 17 heavy (non-hydrogen) atoms. The van der Waals surface area contributed by atoms with Crippen molar-refractivity contribution in [3.05, 3.63) is 0 Å². The van der Waals surface area contributed by atoms with Gasteiger partial charge in [-0.3, -0.25) is 4.79 Å². The smallest absolute Gasteiger partial charge is 0.237 e. The van der Waals surface area contributed by atoms with Crippen LogP contribution in [0.25, 0.3) is 0 Å². The summed E-state index contributed by atoms with van der Waals surface area (Å²) >= 11 is 0. The number of nitrogens with one attached hydrogen (secondary N) is 2. The van der Waals surface area contributed by atoms with Crippen LogP contribution in [0.5, 0.6) is 0 Å². The molecule has 1 amide bonds. The number of methoxy groups -OCH3 is 1. The Kier molecular flexibility index (Phi) is 3.21. The second-order valence-electron chi connectivity index (χ2n) is 6.07. The van der Waals surface area contributed by atoms with E-state index in [2.05, 4.69) is 31.4 Å². The summed E-state index contributed by atoms with van der Waals surface area (Å²) in [5.74, 6) is 0.152. The Hall–Kier alpha value is -0.610. The van der Waals surface area contributed by atoms with Gasteiger partial charge in [0.05, 0.1) is 11.6 Å². The van der Waals surface area contributed by atoms with E-state index < -0.39 is 0 Å². The van der Waals surface area contributed by atoms with Crippen molar-refractivity contribution >= 4 is 5.91 Å². The van der Waals surface area contributed by atoms with Gasteiger partial charge in [-0.2, -0.15) is 0 Å². The first kappa shape index (κ1) is 12.8. The van der Waals surface area contributed by atoms with E-state index in [9.17, 15) is 4.79 Å². The molecule has 0 spiro atoms. The Morgan fingerprint density at radius 3 is 2.59 bits per heavy atom. The summed E-state index contributed by atoms with van der Waals surface area (Å²) in [5, 5.41) is 6.39. The number of ether oxygens (including phenoxy) is 1. The van der Waals surface area contributed by atoms with Gasteiger partial charge in [0.2, 0.25) is 5.91 Å². The molecular formula is C13H24N2O2. The van der Waals surface area contributed by atoms with Crippen LogP contribution in [0.3, 0.4) is 0 Å². The maximum absolute atomic E-state index is 12.0. The van der Waals surface area contributed by atoms with Crippen molar-refractivity contribution in [3.63, 3.8) is 0 Å². The van der Waals surface area contributed by atoms with Gasteiger partial charge in [-0.25, -0.2) is 0 Å². The number of carbonyl (C=O) groups excluding carboxylic acids is 1. The lowest BCUT2D eigenvalue weighted by Gasteiger charge is -2.59. The third kappa shape index (κ3) is 1.97. The lowest BCUT2D eigenvalue weighted by Crippen LogP contribution is -2.69. The van der Waals surface area contributed by atoms with E-state index in [4.69, 9.17) is 4.74 Å². The maximum Gasteiger partial charge on any atom is 0.237 e. The largest absolute Gasteiger partial charge is 0.378 e. The molecule has 0 radical (unpaired) electrons. The van der Waals surface area contributed by atoms with Gasteiger partial charge in [0.25, 0.3) is 0 Å². The number of hydrogen-bond acceptors (Lipinski definition) is 3. The molecule has 2 N–H and O–H groups in total. The molecule has 4 heteroatoms. The van der Waals surface area contributed by atoms with Crippen molar-refractivity contribution in [2.45, 2.75) is 57.7 Å². The number of carbonyl (C=O) groups is 1. The third-order valence-electron chi connectivity index (χ3n) is 4.97. The molecule has 0 unspecified atom stereocenters. The highest BCUT2D eigenvalue weighted by molar-refractivity contribution is 5.82. The molecule has 0 aromatic carbocycles. The van der Waals surface area contributed by atoms with E-state index in [0.29, 0.717) is 0 Å². The summed E-state index contributed by atoms with van der Waals surface area (Å²) in [7, 11) is 1.75. The van der Waals surface area contributed by atoms with Crippen LogP contribution in [0, 0.1) is 5.41 Å². The second kappa shape index (κ2) is 4.25. The first-order valence-electron chi connectivity index (χ1n) is 6.49. The summed E-state index contributed by atoms with van der Waals surface area (Å²) in [6, 6.07) is 0.238. The molecule has 2 fully saturated rings. The lowest BCUT2D eigenvalue weighted by atomic mass is 9.56. The molecule has 2 rings (SSSR count). The quantitative estimate of drug-likeness (QED) is 0.775. The maximum atomic E-state index is 12.0. The summed E-state index contributed by atoms with van der Waals surface area (Å²) in [6.07, 6.45) is 2.96. The highest BCUT2D eigenvalue weighted by Gasteiger charge is 2.58. The summed E-state index contributed by atoms with van der Waals surface area (Å²) < 4.78 is 5.56. The normalized spacial score (nSPS) is 39.8. The topological polar surface area (TPSA) is 50.4 Å². The summed E-state index contributed by atoms with van der Waals surface area (Å²) in [5.41, 5.74) is -0.121. The molecule has 1 saturated heterocycles. The van der Waals surface area contributed by atoms with Crippen molar-refractivity contribution in [1.29, 1.82) is 0 Å². The highest BCUT2D eigenvalue weighted by Crippen LogP contribution is 2.51. The fourth-order valence-corrected chi connectivity index (χ4v) is 2.90. The van der Waals surface area contributed by atoms with E-state index in [1.165, 1.54) is 0 Å². The number of rotatable bonds is 3. The lowest BCUT2D eigenvalue weighted by molar-refractivity contribution is -0.182. The van der Waals surface area contributed by atoms with Gasteiger partial charge >= 0.3 is 0 Å². The van der Waals surface area contributed by atoms with E-state index in [1.54, 1.807) is 7.11 Å². The zero-order chi connectivity index (χ0) is 12.7. The van der Waals surface area contributed by atoms with Crippen LogP contribution in [0.4, 0.5) is 0 Å². The molecule has 1 heterocycles. The van der Waals surface area contributed by atoms with Crippen LogP contribution in [0.15, 0.2) is 0 Å². The molecule has 1 aliphatic carbocycles. The van der Waals surface area contributed by atoms with E-state index >= 15 is 0 Å². The standard InChI is InChI=1S/C13H24N2O2/c1-12(2)10(8-13(12,3)17-4)15-11(16)9-6-5-7-14-9/h9-10,14H,5-8H2,1-4H3,(H,15,16)/t9-,10+,13-/m0/s1. The minimum atomic E-state index is -0.117. The highest BCUT2D eigenvalue weighted by atomic mass is 16.5. The van der Waals surface area contributed by atoms with Crippen LogP contribution in [0.1, 0.15) is 40.0 Å². The van der Waals surface area contributed by atoms with Gasteiger partial charge in [-0.05, 0) is 32.7 Å². The van der Waals surface area contributed by atoms with Gasteiger partial charge in [0.1, 0.15) is 0 Å².